The first-order valence-electron chi connectivity index (χ1n) is 7.99. The number of rotatable bonds is 9. The van der Waals surface area contributed by atoms with Crippen molar-refractivity contribution in [3.05, 3.63) is 54.6 Å². The zero-order valence-electron chi connectivity index (χ0n) is 14.2. The van der Waals surface area contributed by atoms with Gasteiger partial charge in [0.1, 0.15) is 5.75 Å². The van der Waals surface area contributed by atoms with E-state index < -0.39 is 0 Å². The second kappa shape index (κ2) is 9.88. The molecule has 128 valence electrons. The molecule has 0 saturated carbocycles. The van der Waals surface area contributed by atoms with Crippen LogP contribution in [0.25, 0.3) is 0 Å². The average molecular weight is 344 g/mol. The zero-order valence-corrected chi connectivity index (χ0v) is 15.0. The molecule has 0 bridgehead atoms. The molecule has 1 amide bonds. The van der Waals surface area contributed by atoms with Gasteiger partial charge in [-0.25, -0.2) is 0 Å². The Morgan fingerprint density at radius 2 is 1.83 bits per heavy atom. The van der Waals surface area contributed by atoms with Crippen LogP contribution in [0.5, 0.6) is 5.75 Å². The number of hydrogen-bond acceptors (Lipinski definition) is 4. The first-order valence-corrected chi connectivity index (χ1v) is 8.97. The molecule has 0 atom stereocenters. The number of benzene rings is 2. The largest absolute Gasteiger partial charge is 0.497 e. The minimum Gasteiger partial charge on any atom is -0.497 e. The van der Waals surface area contributed by atoms with Gasteiger partial charge in [0.25, 0.3) is 0 Å². The van der Waals surface area contributed by atoms with Crippen LogP contribution < -0.4 is 15.0 Å². The molecular formula is C19H24N2O2S. The SMILES string of the molecule is COc1ccc(SCC(=O)NCCCN(C)c2ccccc2)cc1. The number of carbonyl (C=O) groups excluding carboxylic acids is 1. The minimum absolute atomic E-state index is 0.0678. The van der Waals surface area contributed by atoms with Gasteiger partial charge in [-0.2, -0.15) is 0 Å². The molecule has 0 aliphatic rings. The maximum atomic E-state index is 11.9. The van der Waals surface area contributed by atoms with E-state index in [-0.39, 0.29) is 5.91 Å². The van der Waals surface area contributed by atoms with E-state index in [1.807, 2.05) is 42.5 Å². The van der Waals surface area contributed by atoms with Crippen molar-refractivity contribution in [1.29, 1.82) is 0 Å². The van der Waals surface area contributed by atoms with Crippen LogP contribution in [0.3, 0.4) is 0 Å². The van der Waals surface area contributed by atoms with Crippen LogP contribution in [0.2, 0.25) is 0 Å². The maximum Gasteiger partial charge on any atom is 0.230 e. The van der Waals surface area contributed by atoms with Crippen molar-refractivity contribution in [2.45, 2.75) is 11.3 Å². The topological polar surface area (TPSA) is 41.6 Å². The van der Waals surface area contributed by atoms with Crippen molar-refractivity contribution in [3.8, 4) is 5.75 Å². The summed E-state index contributed by atoms with van der Waals surface area (Å²) < 4.78 is 5.12. The summed E-state index contributed by atoms with van der Waals surface area (Å²) in [5.74, 6) is 1.32. The van der Waals surface area contributed by atoms with Gasteiger partial charge in [-0.15, -0.1) is 11.8 Å². The Kier molecular flexibility index (Phi) is 7.49. The fraction of sp³-hybridized carbons (Fsp3) is 0.316. The molecule has 0 spiro atoms. The molecule has 2 aromatic rings. The van der Waals surface area contributed by atoms with Gasteiger partial charge in [0.15, 0.2) is 0 Å². The predicted molar refractivity (Wildman–Crippen MR) is 101 cm³/mol. The minimum atomic E-state index is 0.0678. The molecule has 0 fully saturated rings. The van der Waals surface area contributed by atoms with E-state index in [1.165, 1.54) is 17.4 Å². The number of methoxy groups -OCH3 is 1. The van der Waals surface area contributed by atoms with Crippen LogP contribution >= 0.6 is 11.8 Å². The Hall–Kier alpha value is -2.14. The van der Waals surface area contributed by atoms with Gasteiger partial charge >= 0.3 is 0 Å². The first kappa shape index (κ1) is 18.2. The van der Waals surface area contributed by atoms with Gasteiger partial charge in [-0.3, -0.25) is 4.79 Å². The van der Waals surface area contributed by atoms with E-state index in [4.69, 9.17) is 4.74 Å². The first-order chi connectivity index (χ1) is 11.7. The van der Waals surface area contributed by atoms with E-state index in [1.54, 1.807) is 7.11 Å². The lowest BCUT2D eigenvalue weighted by Gasteiger charge is -2.19. The summed E-state index contributed by atoms with van der Waals surface area (Å²) in [6.45, 7) is 1.61. The molecule has 0 unspecified atom stereocenters. The quantitative estimate of drug-likeness (QED) is 0.559. The smallest absolute Gasteiger partial charge is 0.230 e. The lowest BCUT2D eigenvalue weighted by atomic mass is 10.3. The number of nitrogens with one attached hydrogen (secondary N) is 1. The van der Waals surface area contributed by atoms with Gasteiger partial charge in [0, 0.05) is 30.7 Å². The summed E-state index contributed by atoms with van der Waals surface area (Å²) in [6, 6.07) is 18.0. The second-order valence-corrected chi connectivity index (χ2v) is 6.47. The molecule has 4 nitrogen and oxygen atoms in total. The zero-order chi connectivity index (χ0) is 17.2. The standard InChI is InChI=1S/C19H24N2O2S/c1-21(16-7-4-3-5-8-16)14-6-13-20-19(22)15-24-18-11-9-17(23-2)10-12-18/h3-5,7-12H,6,13-15H2,1-2H3,(H,20,22). The third kappa shape index (κ3) is 6.16. The molecule has 5 heteroatoms. The number of para-hydroxylation sites is 1. The Labute approximate surface area is 148 Å². The van der Waals surface area contributed by atoms with E-state index >= 15 is 0 Å². The summed E-state index contributed by atoms with van der Waals surface area (Å²) in [5.41, 5.74) is 1.19. The number of anilines is 1. The van der Waals surface area contributed by atoms with Crippen molar-refractivity contribution in [1.82, 2.24) is 5.32 Å². The highest BCUT2D eigenvalue weighted by Crippen LogP contribution is 2.20. The predicted octanol–water partition coefficient (Wildman–Crippen LogP) is 3.43. The Morgan fingerprint density at radius 3 is 2.50 bits per heavy atom. The summed E-state index contributed by atoms with van der Waals surface area (Å²) in [7, 11) is 3.71. The van der Waals surface area contributed by atoms with E-state index in [0.29, 0.717) is 12.3 Å². The highest BCUT2D eigenvalue weighted by Gasteiger charge is 2.04. The van der Waals surface area contributed by atoms with E-state index in [2.05, 4.69) is 29.4 Å². The second-order valence-electron chi connectivity index (χ2n) is 5.42. The highest BCUT2D eigenvalue weighted by atomic mass is 32.2. The van der Waals surface area contributed by atoms with Crippen molar-refractivity contribution < 1.29 is 9.53 Å². The lowest BCUT2D eigenvalue weighted by Crippen LogP contribution is -2.29. The number of nitrogens with zero attached hydrogens (tertiary/aromatic N) is 1. The third-order valence-electron chi connectivity index (χ3n) is 3.62. The average Bonchev–Trinajstić information content (AvgIpc) is 2.64. The Balaban J connectivity index is 1.61. The summed E-state index contributed by atoms with van der Waals surface area (Å²) in [4.78, 5) is 15.1. The number of amides is 1. The van der Waals surface area contributed by atoms with Crippen molar-refractivity contribution in [3.63, 3.8) is 0 Å². The molecule has 0 radical (unpaired) electrons. The number of carbonyl (C=O) groups is 1. The van der Waals surface area contributed by atoms with Crippen molar-refractivity contribution >= 4 is 23.4 Å². The molecule has 2 aromatic carbocycles. The molecular weight excluding hydrogens is 320 g/mol. The summed E-state index contributed by atoms with van der Waals surface area (Å²) in [5, 5.41) is 2.97. The molecule has 0 aliphatic heterocycles. The van der Waals surface area contributed by atoms with Gasteiger partial charge in [0.2, 0.25) is 5.91 Å². The monoisotopic (exact) mass is 344 g/mol. The van der Waals surface area contributed by atoms with E-state index in [9.17, 15) is 4.79 Å². The third-order valence-corrected chi connectivity index (χ3v) is 4.63. The molecule has 0 heterocycles. The van der Waals surface area contributed by atoms with Crippen LogP contribution in [0.15, 0.2) is 59.5 Å². The van der Waals surface area contributed by atoms with Crippen molar-refractivity contribution in [2.75, 3.05) is 37.9 Å². The lowest BCUT2D eigenvalue weighted by molar-refractivity contribution is -0.118. The molecule has 0 saturated heterocycles. The fourth-order valence-corrected chi connectivity index (χ4v) is 2.96. The number of hydrogen-bond donors (Lipinski definition) is 1. The molecule has 0 aliphatic carbocycles. The van der Waals surface area contributed by atoms with Crippen LogP contribution in [-0.4, -0.2) is 38.9 Å². The van der Waals surface area contributed by atoms with Gasteiger partial charge in [0.05, 0.1) is 12.9 Å². The molecule has 1 N–H and O–H groups in total. The van der Waals surface area contributed by atoms with Crippen LogP contribution in [0.1, 0.15) is 6.42 Å². The Bertz CT molecular complexity index is 617. The Morgan fingerprint density at radius 1 is 1.12 bits per heavy atom. The van der Waals surface area contributed by atoms with E-state index in [0.717, 1.165) is 23.6 Å². The molecule has 0 aromatic heterocycles. The van der Waals surface area contributed by atoms with Crippen LogP contribution in [0, 0.1) is 0 Å². The van der Waals surface area contributed by atoms with Gasteiger partial charge < -0.3 is 15.0 Å². The number of thioether (sulfide) groups is 1. The molecule has 2 rings (SSSR count). The van der Waals surface area contributed by atoms with Crippen molar-refractivity contribution in [2.24, 2.45) is 0 Å². The number of ether oxygens (including phenoxy) is 1. The summed E-state index contributed by atoms with van der Waals surface area (Å²) in [6.07, 6.45) is 0.921. The van der Waals surface area contributed by atoms with Crippen LogP contribution in [0.4, 0.5) is 5.69 Å². The fourth-order valence-electron chi connectivity index (χ4n) is 2.23. The highest BCUT2D eigenvalue weighted by molar-refractivity contribution is 8.00. The van der Waals surface area contributed by atoms with Gasteiger partial charge in [-0.1, -0.05) is 18.2 Å². The molecule has 24 heavy (non-hydrogen) atoms. The van der Waals surface area contributed by atoms with Gasteiger partial charge in [-0.05, 0) is 42.8 Å². The maximum absolute atomic E-state index is 11.9. The normalized spacial score (nSPS) is 10.2. The van der Waals surface area contributed by atoms with Crippen LogP contribution in [-0.2, 0) is 4.79 Å². The summed E-state index contributed by atoms with van der Waals surface area (Å²) >= 11 is 1.53.